The Hall–Kier alpha value is -2.70. The Labute approximate surface area is 194 Å². The molecule has 1 fully saturated rings. The average Bonchev–Trinajstić information content (AvgIpc) is 3.42. The van der Waals surface area contributed by atoms with Gasteiger partial charge >= 0.3 is 5.91 Å². The molecule has 0 aromatic carbocycles. The van der Waals surface area contributed by atoms with Crippen LogP contribution >= 0.6 is 0 Å². The molecule has 0 radical (unpaired) electrons. The first-order chi connectivity index (χ1) is 15.6. The Balaban J connectivity index is 1.48. The topological polar surface area (TPSA) is 130 Å². The molecule has 11 nitrogen and oxygen atoms in total. The summed E-state index contributed by atoms with van der Waals surface area (Å²) in [6.45, 7) is 8.59. The molecule has 1 aliphatic heterocycles. The second-order valence-electron chi connectivity index (χ2n) is 8.09. The zero-order chi connectivity index (χ0) is 24.2. The molecule has 182 valence electrons. The van der Waals surface area contributed by atoms with Gasteiger partial charge in [-0.05, 0) is 45.0 Å². The van der Waals surface area contributed by atoms with Gasteiger partial charge in [0, 0.05) is 32.3 Å². The molecular formula is C21H32N6O5S. The number of rotatable bonds is 8. The second-order valence-corrected chi connectivity index (χ2v) is 9.97. The monoisotopic (exact) mass is 480 g/mol. The van der Waals surface area contributed by atoms with E-state index in [0.29, 0.717) is 31.0 Å². The minimum Gasteiger partial charge on any atom is -0.454 e. The second kappa shape index (κ2) is 10.5. The third kappa shape index (κ3) is 5.81. The summed E-state index contributed by atoms with van der Waals surface area (Å²) < 4.78 is 34.1. The molecule has 0 saturated carbocycles. The molecule has 0 spiro atoms. The predicted molar refractivity (Wildman–Crippen MR) is 120 cm³/mol. The van der Waals surface area contributed by atoms with Crippen molar-refractivity contribution in [2.75, 3.05) is 26.2 Å². The third-order valence-corrected chi connectivity index (χ3v) is 7.74. The highest BCUT2D eigenvalue weighted by molar-refractivity contribution is 7.89. The zero-order valence-corrected chi connectivity index (χ0v) is 20.3. The Morgan fingerprint density at radius 3 is 2.42 bits per heavy atom. The number of imidazole rings is 1. The van der Waals surface area contributed by atoms with E-state index < -0.39 is 21.8 Å². The van der Waals surface area contributed by atoms with E-state index in [9.17, 15) is 18.0 Å². The van der Waals surface area contributed by atoms with Gasteiger partial charge in [0.05, 0.1) is 6.54 Å². The van der Waals surface area contributed by atoms with Crippen LogP contribution in [0.1, 0.15) is 48.8 Å². The van der Waals surface area contributed by atoms with Gasteiger partial charge < -0.3 is 8.98 Å². The molecular weight excluding hydrogens is 448 g/mol. The first kappa shape index (κ1) is 24.9. The third-order valence-electron chi connectivity index (χ3n) is 5.97. The highest BCUT2D eigenvalue weighted by Gasteiger charge is 2.33. The molecule has 2 amide bonds. The van der Waals surface area contributed by atoms with Gasteiger partial charge in [-0.15, -0.1) is 0 Å². The zero-order valence-electron chi connectivity index (χ0n) is 19.5. The molecule has 0 unspecified atom stereocenters. The van der Waals surface area contributed by atoms with Crippen LogP contribution in [0.15, 0.2) is 27.8 Å². The van der Waals surface area contributed by atoms with Crippen LogP contribution in [0.5, 0.6) is 0 Å². The van der Waals surface area contributed by atoms with E-state index in [-0.39, 0.29) is 29.8 Å². The predicted octanol–water partition coefficient (Wildman–Crippen LogP) is 1.03. The lowest BCUT2D eigenvalue weighted by molar-refractivity contribution is -0.126. The van der Waals surface area contributed by atoms with Crippen LogP contribution in [0, 0.1) is 12.8 Å². The van der Waals surface area contributed by atoms with Crippen molar-refractivity contribution in [1.29, 1.82) is 0 Å². The number of piperidine rings is 1. The summed E-state index contributed by atoms with van der Waals surface area (Å²) >= 11 is 0. The van der Waals surface area contributed by atoms with Crippen LogP contribution in [0.4, 0.5) is 0 Å². The van der Waals surface area contributed by atoms with E-state index in [0.717, 1.165) is 13.1 Å². The lowest BCUT2D eigenvalue weighted by Crippen LogP contribution is -2.48. The van der Waals surface area contributed by atoms with E-state index in [2.05, 4.69) is 34.6 Å². The van der Waals surface area contributed by atoms with Crippen molar-refractivity contribution < 1.29 is 22.4 Å². The smallest absolute Gasteiger partial charge is 0.305 e. The molecule has 3 rings (SSSR count). The van der Waals surface area contributed by atoms with E-state index in [1.807, 2.05) is 0 Å². The maximum atomic E-state index is 12.8. The Bertz CT molecular complexity index is 1060. The summed E-state index contributed by atoms with van der Waals surface area (Å²) in [5, 5.41) is 0.0106. The van der Waals surface area contributed by atoms with Gasteiger partial charge in [-0.2, -0.15) is 4.31 Å². The fourth-order valence-electron chi connectivity index (χ4n) is 3.68. The molecule has 0 bridgehead atoms. The molecule has 1 saturated heterocycles. The Kier molecular flexibility index (Phi) is 7.92. The number of furan rings is 1. The van der Waals surface area contributed by atoms with Crippen molar-refractivity contribution >= 4 is 21.8 Å². The largest absolute Gasteiger partial charge is 0.454 e. The summed E-state index contributed by atoms with van der Waals surface area (Å²) in [5.41, 5.74) is 4.80. The normalized spacial score (nSPS) is 15.7. The Morgan fingerprint density at radius 1 is 1.18 bits per heavy atom. The van der Waals surface area contributed by atoms with Crippen molar-refractivity contribution in [2.45, 2.75) is 45.2 Å². The lowest BCUT2D eigenvalue weighted by Gasteiger charge is -2.29. The summed E-state index contributed by atoms with van der Waals surface area (Å²) in [6, 6.07) is 3.32. The number of nitrogens with one attached hydrogen (secondary N) is 2. The lowest BCUT2D eigenvalue weighted by atomic mass is 9.98. The number of nitrogens with zero attached hydrogens (tertiary/aromatic N) is 4. The minimum atomic E-state index is -3.70. The number of amides is 2. The maximum absolute atomic E-state index is 12.8. The van der Waals surface area contributed by atoms with Gasteiger partial charge in [0.1, 0.15) is 11.6 Å². The highest BCUT2D eigenvalue weighted by atomic mass is 32.2. The van der Waals surface area contributed by atoms with E-state index >= 15 is 0 Å². The number of carbonyl (C=O) groups excluding carboxylic acids is 2. The highest BCUT2D eigenvalue weighted by Crippen LogP contribution is 2.23. The maximum Gasteiger partial charge on any atom is 0.305 e. The first-order valence-corrected chi connectivity index (χ1v) is 12.5. The summed E-state index contributed by atoms with van der Waals surface area (Å²) in [6.07, 6.45) is 2.18. The average molecular weight is 481 g/mol. The quantitative estimate of drug-likeness (QED) is 0.540. The fraction of sp³-hybridized carbons (Fsp3) is 0.571. The molecule has 0 atom stereocenters. The van der Waals surface area contributed by atoms with Crippen LogP contribution in [-0.2, 0) is 28.4 Å². The van der Waals surface area contributed by atoms with Crippen LogP contribution in [0.3, 0.4) is 0 Å². The van der Waals surface area contributed by atoms with Crippen LogP contribution in [0.25, 0.3) is 0 Å². The van der Waals surface area contributed by atoms with E-state index in [4.69, 9.17) is 4.42 Å². The number of hydrazine groups is 1. The van der Waals surface area contributed by atoms with Crippen molar-refractivity contribution in [3.63, 3.8) is 0 Å². The van der Waals surface area contributed by atoms with Crippen molar-refractivity contribution in [3.05, 3.63) is 35.7 Å². The molecule has 2 N–H and O–H groups in total. The van der Waals surface area contributed by atoms with E-state index in [1.54, 1.807) is 30.7 Å². The Morgan fingerprint density at radius 2 is 1.85 bits per heavy atom. The van der Waals surface area contributed by atoms with Gasteiger partial charge in [0.15, 0.2) is 10.8 Å². The molecule has 12 heteroatoms. The number of hydrogen-bond acceptors (Lipinski definition) is 7. The van der Waals surface area contributed by atoms with Crippen LogP contribution in [0.2, 0.25) is 0 Å². The SMILES string of the molecule is CCN(CC)Cc1ccc(C(=O)NNC(=O)C2CCN(S(=O)(=O)c3cn(C)c(C)n3)CC2)o1. The first-order valence-electron chi connectivity index (χ1n) is 11.1. The van der Waals surface area contributed by atoms with Crippen LogP contribution in [-0.4, -0.2) is 65.2 Å². The summed E-state index contributed by atoms with van der Waals surface area (Å²) in [4.78, 5) is 31.1. The van der Waals surface area contributed by atoms with Gasteiger partial charge in [-0.3, -0.25) is 25.3 Å². The fourth-order valence-corrected chi connectivity index (χ4v) is 5.17. The van der Waals surface area contributed by atoms with Gasteiger partial charge in [0.25, 0.3) is 10.0 Å². The number of aromatic nitrogens is 2. The molecule has 2 aromatic rings. The number of aryl methyl sites for hydroxylation is 2. The number of sulfonamides is 1. The van der Waals surface area contributed by atoms with Crippen LogP contribution < -0.4 is 10.9 Å². The van der Waals surface area contributed by atoms with Gasteiger partial charge in [-0.25, -0.2) is 13.4 Å². The van der Waals surface area contributed by atoms with Gasteiger partial charge in [0.2, 0.25) is 5.91 Å². The van der Waals surface area contributed by atoms with Crippen molar-refractivity contribution in [3.8, 4) is 0 Å². The van der Waals surface area contributed by atoms with E-state index in [1.165, 1.54) is 10.5 Å². The molecule has 33 heavy (non-hydrogen) atoms. The van der Waals surface area contributed by atoms with Gasteiger partial charge in [-0.1, -0.05) is 13.8 Å². The molecule has 1 aliphatic rings. The summed E-state index contributed by atoms with van der Waals surface area (Å²) in [5.74, 6) is 0.0897. The van der Waals surface area contributed by atoms with Crippen molar-refractivity contribution in [2.24, 2.45) is 13.0 Å². The number of hydrogen-bond donors (Lipinski definition) is 2. The van der Waals surface area contributed by atoms with Crippen molar-refractivity contribution in [1.82, 2.24) is 29.6 Å². The number of carbonyl (C=O) groups is 2. The molecule has 3 heterocycles. The molecule has 0 aliphatic carbocycles. The summed E-state index contributed by atoms with van der Waals surface area (Å²) in [7, 11) is -1.96. The molecule has 2 aromatic heterocycles. The standard InChI is InChI=1S/C21H32N6O5S/c1-5-26(6-2)13-17-7-8-18(32-17)21(29)24-23-20(28)16-9-11-27(12-10-16)33(30,31)19-14-25(4)15(3)22-19/h7-8,14,16H,5-6,9-13H2,1-4H3,(H,23,28)(H,24,29). The minimum absolute atomic E-state index is 0.0106.